The predicted molar refractivity (Wildman–Crippen MR) is 378 cm³/mol. The lowest BCUT2D eigenvalue weighted by molar-refractivity contribution is -0.142. The molecule has 7 heterocycles. The molecule has 0 spiro atoms. The number of carbonyl (C=O) groups excluding carboxylic acids is 4. The van der Waals surface area contributed by atoms with Crippen molar-refractivity contribution < 1.29 is 52.8 Å². The number of carboxylic acids is 1. The van der Waals surface area contributed by atoms with Gasteiger partial charge in [0.15, 0.2) is 25.5 Å². The summed E-state index contributed by atoms with van der Waals surface area (Å²) in [6, 6.07) is 38.0. The number of nitrogens with one attached hydrogen (secondary N) is 1. The van der Waals surface area contributed by atoms with Gasteiger partial charge in [0.25, 0.3) is 11.8 Å². The first-order chi connectivity index (χ1) is 45.3. The average molecular weight is 1440 g/mol. The van der Waals surface area contributed by atoms with Gasteiger partial charge in [-0.05, 0) is 57.5 Å². The zero-order chi connectivity index (χ0) is 69.0. The fourth-order valence-electron chi connectivity index (χ4n) is 9.84. The summed E-state index contributed by atoms with van der Waals surface area (Å²) in [5, 5.41) is 31.4. The molecular weight excluding hydrogens is 1350 g/mol. The molecule has 11 rings (SSSR count). The second-order valence-corrected chi connectivity index (χ2v) is 28.4. The van der Waals surface area contributed by atoms with E-state index in [-0.39, 0.29) is 36.7 Å². The van der Waals surface area contributed by atoms with Gasteiger partial charge in [0, 0.05) is 106 Å². The normalized spacial score (nSPS) is 18.0. The van der Waals surface area contributed by atoms with E-state index in [2.05, 4.69) is 77.0 Å². The summed E-state index contributed by atoms with van der Waals surface area (Å²) in [7, 11) is 9.95. The highest BCUT2D eigenvalue weighted by molar-refractivity contribution is 9.11. The molecule has 4 aromatic carbocycles. The molecular formula is C68H80BrN11O11S4. The number of rotatable bonds is 13. The quantitative estimate of drug-likeness (QED) is 0.102. The number of methoxy groups -OCH3 is 3. The van der Waals surface area contributed by atoms with Gasteiger partial charge in [0.2, 0.25) is 0 Å². The van der Waals surface area contributed by atoms with Crippen LogP contribution in [0.3, 0.4) is 0 Å². The van der Waals surface area contributed by atoms with Gasteiger partial charge in [-0.15, -0.1) is 45.3 Å². The average Bonchev–Trinajstić information content (AvgIpc) is 1.70. The first kappa shape index (κ1) is 74.2. The molecule has 22 nitrogen and oxygen atoms in total. The van der Waals surface area contributed by atoms with Crippen molar-refractivity contribution in [3.05, 3.63) is 147 Å². The van der Waals surface area contributed by atoms with Crippen LogP contribution in [0.5, 0.6) is 0 Å². The number of aliphatic carboxylic acids is 1. The number of halogens is 1. The lowest BCUT2D eigenvalue weighted by Gasteiger charge is -2.29. The summed E-state index contributed by atoms with van der Waals surface area (Å²) in [4.78, 5) is 86.6. The SMILES string of the molecule is Brc1nc(-c2ccccc2)cs1.CNc1nc(-c2ccccc2)cs1.CO[C@H]1C[C@@H](C(=O)N(C)c2nc(-c3ccccc3)cs2)N(C#N)C1.CO[C@H]1C[C@@H](C(=O)N(C)c2nc(-c3ccccc3)cs2)N(C(=O)OC(C)(C)C)C1.CO[C@H]1C[C@@H](C(=O)O)N(C(=O)OC(C)(C)C)C1. The number of likely N-dealkylation sites (N-methyl/N-ethyl adjacent to an activating group) is 2. The highest BCUT2D eigenvalue weighted by Crippen LogP contribution is 2.33. The first-order valence-corrected chi connectivity index (χ1v) is 34.5. The predicted octanol–water partition coefficient (Wildman–Crippen LogP) is 13.7. The number of benzene rings is 4. The van der Waals surface area contributed by atoms with E-state index in [4.69, 9.17) is 28.8 Å². The van der Waals surface area contributed by atoms with E-state index in [1.807, 2.05) is 120 Å². The molecule has 2 N–H and O–H groups in total. The summed E-state index contributed by atoms with van der Waals surface area (Å²) in [5.74, 6) is -1.37. The Hall–Kier alpha value is -8.20. The van der Waals surface area contributed by atoms with E-state index in [1.165, 1.54) is 65.4 Å². The van der Waals surface area contributed by atoms with Crippen LogP contribution in [0, 0.1) is 11.5 Å². The number of hydrogen-bond donors (Lipinski definition) is 2. The molecule has 4 aromatic heterocycles. The maximum absolute atomic E-state index is 13.2. The molecule has 504 valence electrons. The van der Waals surface area contributed by atoms with Gasteiger partial charge >= 0.3 is 18.2 Å². The van der Waals surface area contributed by atoms with Crippen molar-refractivity contribution in [2.24, 2.45) is 0 Å². The van der Waals surface area contributed by atoms with Gasteiger partial charge in [0.1, 0.15) is 29.3 Å². The van der Waals surface area contributed by atoms with Crippen LogP contribution < -0.4 is 15.1 Å². The third-order valence-electron chi connectivity index (χ3n) is 14.7. The number of aromatic nitrogens is 4. The highest BCUT2D eigenvalue weighted by atomic mass is 79.9. The van der Waals surface area contributed by atoms with Crippen LogP contribution >= 0.6 is 61.3 Å². The number of nitrogens with zero attached hydrogens (tertiary/aromatic N) is 10. The van der Waals surface area contributed by atoms with Crippen LogP contribution in [0.1, 0.15) is 60.8 Å². The molecule has 3 saturated heterocycles. The monoisotopic (exact) mass is 1430 g/mol. The van der Waals surface area contributed by atoms with E-state index >= 15 is 0 Å². The van der Waals surface area contributed by atoms with Crippen LogP contribution in [0.2, 0.25) is 0 Å². The summed E-state index contributed by atoms with van der Waals surface area (Å²) in [5.41, 5.74) is 6.80. The third-order valence-corrected chi connectivity index (χ3v) is 18.8. The van der Waals surface area contributed by atoms with Gasteiger partial charge < -0.3 is 34.1 Å². The van der Waals surface area contributed by atoms with E-state index in [0.29, 0.717) is 42.6 Å². The topological polar surface area (TPSA) is 255 Å². The fourth-order valence-corrected chi connectivity index (χ4v) is 13.2. The zero-order valence-electron chi connectivity index (χ0n) is 55.1. The number of ether oxygens (including phenoxy) is 5. The molecule has 3 aliphatic heterocycles. The van der Waals surface area contributed by atoms with Crippen LogP contribution in [0.4, 0.5) is 25.0 Å². The third kappa shape index (κ3) is 21.4. The molecule has 0 saturated carbocycles. The van der Waals surface area contributed by atoms with E-state index in [1.54, 1.807) is 92.5 Å². The zero-order valence-corrected chi connectivity index (χ0v) is 59.9. The Morgan fingerprint density at radius 2 is 0.884 bits per heavy atom. The summed E-state index contributed by atoms with van der Waals surface area (Å²) in [6.45, 7) is 11.7. The second-order valence-electron chi connectivity index (χ2n) is 23.7. The van der Waals surface area contributed by atoms with Gasteiger partial charge in [-0.2, -0.15) is 5.26 Å². The Balaban J connectivity index is 0.000000174. The number of hydrogen-bond acceptors (Lipinski definition) is 21. The molecule has 0 bridgehead atoms. The van der Waals surface area contributed by atoms with Crippen molar-refractivity contribution in [3.8, 4) is 51.2 Å². The van der Waals surface area contributed by atoms with Crippen LogP contribution in [-0.4, -0.2) is 179 Å². The smallest absolute Gasteiger partial charge is 0.411 e. The Morgan fingerprint density at radius 3 is 1.24 bits per heavy atom. The minimum absolute atomic E-state index is 0.0943. The molecule has 4 amide bonds. The van der Waals surface area contributed by atoms with Crippen molar-refractivity contribution in [1.82, 2.24) is 34.6 Å². The van der Waals surface area contributed by atoms with Crippen LogP contribution in [0.25, 0.3) is 45.0 Å². The molecule has 8 aromatic rings. The van der Waals surface area contributed by atoms with E-state index in [9.17, 15) is 29.2 Å². The molecule has 6 atom stereocenters. The van der Waals surface area contributed by atoms with E-state index in [0.717, 1.165) is 43.0 Å². The number of likely N-dealkylation sites (tertiary alicyclic amines) is 3. The number of thiazole rings is 4. The second kappa shape index (κ2) is 35.0. The van der Waals surface area contributed by atoms with Crippen molar-refractivity contribution in [2.45, 2.75) is 108 Å². The lowest BCUT2D eigenvalue weighted by Crippen LogP contribution is -2.48. The minimum Gasteiger partial charge on any atom is -0.480 e. The Bertz CT molecular complexity index is 3790. The van der Waals surface area contributed by atoms with E-state index < -0.39 is 47.5 Å². The first-order valence-electron chi connectivity index (χ1n) is 30.2. The number of anilines is 3. The van der Waals surface area contributed by atoms with Crippen molar-refractivity contribution in [2.75, 3.05) is 77.2 Å². The fraction of sp³-hybridized carbons (Fsp3) is 0.382. The number of amides is 4. The number of nitriles is 1. The van der Waals surface area contributed by atoms with Crippen LogP contribution in [0.15, 0.2) is 147 Å². The van der Waals surface area contributed by atoms with Gasteiger partial charge in [-0.25, -0.2) is 34.3 Å². The maximum atomic E-state index is 13.2. The van der Waals surface area contributed by atoms with Crippen molar-refractivity contribution >= 4 is 107 Å². The Kier molecular flexibility index (Phi) is 27.3. The Labute approximate surface area is 579 Å². The highest BCUT2D eigenvalue weighted by Gasteiger charge is 2.44. The number of carbonyl (C=O) groups is 5. The van der Waals surface area contributed by atoms with Crippen molar-refractivity contribution in [1.29, 1.82) is 5.26 Å². The summed E-state index contributed by atoms with van der Waals surface area (Å²) in [6.07, 6.45) is 1.66. The lowest BCUT2D eigenvalue weighted by atomic mass is 10.1. The van der Waals surface area contributed by atoms with Gasteiger partial charge in [0.05, 0.1) is 60.7 Å². The molecule has 0 aliphatic carbocycles. The molecule has 0 radical (unpaired) electrons. The summed E-state index contributed by atoms with van der Waals surface area (Å²) < 4.78 is 27.4. The molecule has 0 unspecified atom stereocenters. The molecule has 3 aliphatic rings. The molecule has 27 heteroatoms. The molecule has 3 fully saturated rings. The molecule has 95 heavy (non-hydrogen) atoms. The van der Waals surface area contributed by atoms with Crippen LogP contribution in [-0.2, 0) is 38.1 Å². The van der Waals surface area contributed by atoms with Gasteiger partial charge in [-0.1, -0.05) is 121 Å². The summed E-state index contributed by atoms with van der Waals surface area (Å²) >= 11 is 9.37. The maximum Gasteiger partial charge on any atom is 0.411 e. The van der Waals surface area contributed by atoms with Crippen molar-refractivity contribution in [3.63, 3.8) is 0 Å². The Morgan fingerprint density at radius 1 is 0.537 bits per heavy atom. The van der Waals surface area contributed by atoms with Gasteiger partial charge in [-0.3, -0.25) is 34.1 Å². The minimum atomic E-state index is -1.03. The standard InChI is InChI=1S/C21H27N3O4S.C17H18N4O2S.C11H19NO5.C10H10N2S.C9H6BrNS/c1-21(2,3)28-20(26)24-12-15(27-5)11-17(24)18(25)23(4)19-22-16(13-29-19)14-9-7-6-8-10-14;1-20(16(22)15-8-13(23-2)9-21(15)11-18)17-19-14(10-24-17)12-6-4-3-5-7-12;1-11(2,3)17-10(15)12-6-7(16-4)5-8(12)9(13)14;1-11-10-12-9(7-13-10)8-5-3-2-4-6-8;10-9-11-8(6-12-9)7-4-2-1-3-5-7/h6-10,13,15,17H,11-12H2,1-5H3;3-7,10,13,15H,8-9H2,1-2H3;7-8H,5-6H2,1-4H3,(H,13,14);2-7H,1H3,(H,11,12);1-6H/t15-,17-;13-,15-;7-,8-;;/m000../s1. The number of carboxylic acid groups (broad SMARTS) is 1. The largest absolute Gasteiger partial charge is 0.480 e.